The lowest BCUT2D eigenvalue weighted by Crippen LogP contribution is -2.74. The fourth-order valence-electron chi connectivity index (χ4n) is 11.3. The van der Waals surface area contributed by atoms with E-state index in [1.165, 1.54) is 59.1 Å². The Balaban J connectivity index is 1.11. The molecule has 0 atom stereocenters. The van der Waals surface area contributed by atoms with Gasteiger partial charge in [0.2, 0.25) is 0 Å². The van der Waals surface area contributed by atoms with Crippen LogP contribution in [0, 0.1) is 25.2 Å². The van der Waals surface area contributed by atoms with Gasteiger partial charge in [-0.25, -0.2) is 0 Å². The van der Waals surface area contributed by atoms with Gasteiger partial charge < -0.3 is 13.7 Å². The average Bonchev–Trinajstić information content (AvgIpc) is 4.02. The summed E-state index contributed by atoms with van der Waals surface area (Å²) in [7, 11) is -2.83. The second kappa shape index (κ2) is 15.5. The molecule has 0 aliphatic rings. The first-order valence-corrected chi connectivity index (χ1v) is 25.3. The molecule has 320 valence electrons. The molecule has 0 fully saturated rings. The molecule has 0 unspecified atom stereocenters. The third-order valence-electron chi connectivity index (χ3n) is 14.3. The summed E-state index contributed by atoms with van der Waals surface area (Å²) in [6, 6.07) is 87.5. The number of aromatic nitrogens is 3. The van der Waals surface area contributed by atoms with Crippen LogP contribution in [0.1, 0.15) is 16.7 Å². The van der Waals surface area contributed by atoms with Crippen molar-refractivity contribution in [3.05, 3.63) is 247 Å². The maximum absolute atomic E-state index is 9.92. The highest BCUT2D eigenvalue weighted by molar-refractivity contribution is 7.19. The van der Waals surface area contributed by atoms with Crippen LogP contribution in [0.3, 0.4) is 0 Å². The third kappa shape index (κ3) is 5.91. The Bertz CT molecular complexity index is 4020. The van der Waals surface area contributed by atoms with Crippen molar-refractivity contribution in [3.63, 3.8) is 0 Å². The number of hydrogen-bond acceptors (Lipinski definition) is 1. The summed E-state index contributed by atoms with van der Waals surface area (Å²) in [5.41, 5.74) is 13.3. The van der Waals surface area contributed by atoms with E-state index in [9.17, 15) is 5.26 Å². The van der Waals surface area contributed by atoms with Gasteiger partial charge in [-0.15, -0.1) is 0 Å². The van der Waals surface area contributed by atoms with Crippen LogP contribution in [0.15, 0.2) is 231 Å². The molecule has 0 aliphatic carbocycles. The number of nitriles is 1. The van der Waals surface area contributed by atoms with Crippen molar-refractivity contribution in [3.8, 4) is 23.1 Å². The normalized spacial score (nSPS) is 12.0. The Morgan fingerprint density at radius 3 is 1.19 bits per heavy atom. The van der Waals surface area contributed by atoms with E-state index in [1.807, 2.05) is 12.1 Å². The minimum Gasteiger partial charge on any atom is -0.309 e. The van der Waals surface area contributed by atoms with Crippen LogP contribution in [-0.2, 0) is 0 Å². The molecule has 3 heterocycles. The fraction of sp³-hybridized carbons (Fsp3) is 0.0317. The zero-order chi connectivity index (χ0) is 45.5. The number of benzene rings is 10. The number of para-hydroxylation sites is 1. The van der Waals surface area contributed by atoms with E-state index in [-0.39, 0.29) is 0 Å². The molecule has 13 aromatic rings. The van der Waals surface area contributed by atoms with E-state index < -0.39 is 8.07 Å². The number of rotatable bonds is 7. The predicted molar refractivity (Wildman–Crippen MR) is 287 cm³/mol. The zero-order valence-corrected chi connectivity index (χ0v) is 38.7. The average molecular weight is 885 g/mol. The first kappa shape index (κ1) is 39.7. The van der Waals surface area contributed by atoms with Crippen molar-refractivity contribution in [2.75, 3.05) is 0 Å². The third-order valence-corrected chi connectivity index (χ3v) is 19.1. The van der Waals surface area contributed by atoms with Crippen molar-refractivity contribution < 1.29 is 0 Å². The second-order valence-corrected chi connectivity index (χ2v) is 22.0. The molecular weight excluding hydrogens is 841 g/mol. The summed E-state index contributed by atoms with van der Waals surface area (Å²) in [5, 5.41) is 22.3. The molecule has 0 N–H and O–H groups in total. The van der Waals surface area contributed by atoms with Crippen molar-refractivity contribution in [1.29, 1.82) is 5.26 Å². The van der Waals surface area contributed by atoms with Crippen molar-refractivity contribution in [2.24, 2.45) is 0 Å². The van der Waals surface area contributed by atoms with Gasteiger partial charge in [-0.3, -0.25) is 0 Å². The number of hydrogen-bond donors (Lipinski definition) is 0. The first-order valence-electron chi connectivity index (χ1n) is 23.3. The minimum atomic E-state index is -2.83. The minimum absolute atomic E-state index is 0.655. The highest BCUT2D eigenvalue weighted by Crippen LogP contribution is 2.40. The van der Waals surface area contributed by atoms with Gasteiger partial charge in [-0.05, 0) is 132 Å². The van der Waals surface area contributed by atoms with Crippen LogP contribution >= 0.6 is 0 Å². The van der Waals surface area contributed by atoms with Gasteiger partial charge in [0.15, 0.2) is 8.07 Å². The van der Waals surface area contributed by atoms with Crippen LogP contribution in [0.4, 0.5) is 0 Å². The van der Waals surface area contributed by atoms with Crippen molar-refractivity contribution >= 4 is 94.2 Å². The van der Waals surface area contributed by atoms with Gasteiger partial charge in [0.1, 0.15) is 0 Å². The van der Waals surface area contributed by atoms with Crippen molar-refractivity contribution in [1.82, 2.24) is 13.7 Å². The molecule has 5 heteroatoms. The Morgan fingerprint density at radius 1 is 0.309 bits per heavy atom. The van der Waals surface area contributed by atoms with Gasteiger partial charge in [0.25, 0.3) is 0 Å². The smallest absolute Gasteiger partial charge is 0.179 e. The van der Waals surface area contributed by atoms with E-state index in [0.717, 1.165) is 55.3 Å². The predicted octanol–water partition coefficient (Wildman–Crippen LogP) is 12.8. The zero-order valence-electron chi connectivity index (χ0n) is 37.7. The molecule has 0 aliphatic heterocycles. The quantitative estimate of drug-likeness (QED) is 0.116. The van der Waals surface area contributed by atoms with E-state index >= 15 is 0 Å². The molecule has 0 spiro atoms. The van der Waals surface area contributed by atoms with Gasteiger partial charge >= 0.3 is 0 Å². The lowest BCUT2D eigenvalue weighted by molar-refractivity contribution is 1.16. The summed E-state index contributed by atoms with van der Waals surface area (Å²) in [6.07, 6.45) is 0. The summed E-state index contributed by atoms with van der Waals surface area (Å²) in [6.45, 7) is 4.36. The monoisotopic (exact) mass is 884 g/mol. The highest BCUT2D eigenvalue weighted by Gasteiger charge is 2.41. The van der Waals surface area contributed by atoms with Gasteiger partial charge in [-0.2, -0.15) is 5.26 Å². The first-order chi connectivity index (χ1) is 33.5. The van der Waals surface area contributed by atoms with Gasteiger partial charge in [0.05, 0.1) is 44.7 Å². The summed E-state index contributed by atoms with van der Waals surface area (Å²) in [5.74, 6) is 0. The second-order valence-electron chi connectivity index (χ2n) is 18.2. The molecule has 0 amide bonds. The number of aryl methyl sites for hydroxylation is 2. The molecule has 0 bridgehead atoms. The molecule has 68 heavy (non-hydrogen) atoms. The molecule has 0 saturated heterocycles. The molecule has 0 radical (unpaired) electrons. The molecular formula is C63H44N4Si. The SMILES string of the molecule is Cc1ccc2c(c1)c1cc(C)ccc1n2-c1ccc2c(c1)c1cc(-n3c4ccccc4c4cc(C#N)ccc43)ccc1n2-c1cccc([Si](c2ccccc2)(c2ccccc2)c2ccccc2)c1. The molecule has 10 aromatic carbocycles. The van der Waals surface area contributed by atoms with Gasteiger partial charge in [-0.1, -0.05) is 145 Å². The van der Waals surface area contributed by atoms with Crippen LogP contribution in [0.5, 0.6) is 0 Å². The van der Waals surface area contributed by atoms with Gasteiger partial charge in [0, 0.05) is 49.4 Å². The molecule has 4 nitrogen and oxygen atoms in total. The van der Waals surface area contributed by atoms with E-state index in [1.54, 1.807) is 0 Å². The number of nitrogens with zero attached hydrogens (tertiary/aromatic N) is 4. The maximum atomic E-state index is 9.92. The summed E-state index contributed by atoms with van der Waals surface area (Å²) >= 11 is 0. The standard InChI is InChI=1S/C63H44N4Si/c1-42-25-30-59-53(35-42)54-36-43(2)26-31-60(54)67(59)47-29-34-63-57(40-47)56-39-46(66-58-24-13-12-23-52(58)55-37-44(41-64)27-32-61(55)66)28-33-62(56)65(63)45-15-14-22-51(38-45)68(48-16-6-3-7-17-48,49-18-8-4-9-19-49)50-20-10-5-11-21-50/h3-40H,1-2H3. The number of fused-ring (bicyclic) bond motifs is 9. The summed E-state index contributed by atoms with van der Waals surface area (Å²) in [4.78, 5) is 0. The van der Waals surface area contributed by atoms with E-state index in [2.05, 4.69) is 252 Å². The Labute approximate surface area is 395 Å². The van der Waals surface area contributed by atoms with Crippen LogP contribution in [0.25, 0.3) is 82.5 Å². The molecule has 13 rings (SSSR count). The van der Waals surface area contributed by atoms with Crippen LogP contribution in [0.2, 0.25) is 0 Å². The highest BCUT2D eigenvalue weighted by atomic mass is 28.3. The fourth-order valence-corrected chi connectivity index (χ4v) is 16.1. The Morgan fingerprint density at radius 2 is 0.691 bits per heavy atom. The van der Waals surface area contributed by atoms with Crippen LogP contribution in [-0.4, -0.2) is 21.8 Å². The topological polar surface area (TPSA) is 38.6 Å². The maximum Gasteiger partial charge on any atom is 0.179 e. The van der Waals surface area contributed by atoms with Crippen molar-refractivity contribution in [2.45, 2.75) is 13.8 Å². The van der Waals surface area contributed by atoms with Crippen LogP contribution < -0.4 is 20.7 Å². The lowest BCUT2D eigenvalue weighted by atomic mass is 10.1. The molecule has 3 aromatic heterocycles. The van der Waals surface area contributed by atoms with E-state index in [0.29, 0.717) is 5.56 Å². The summed E-state index contributed by atoms with van der Waals surface area (Å²) < 4.78 is 7.28. The van der Waals surface area contributed by atoms with E-state index in [4.69, 9.17) is 0 Å². The Kier molecular flexibility index (Phi) is 9.01. The largest absolute Gasteiger partial charge is 0.309 e. The lowest BCUT2D eigenvalue weighted by Gasteiger charge is -2.34. The molecule has 0 saturated carbocycles. The Hall–Kier alpha value is -8.69.